The molecule has 0 radical (unpaired) electrons. The summed E-state index contributed by atoms with van der Waals surface area (Å²) in [5, 5.41) is 15.9. The van der Waals surface area contributed by atoms with Crippen LogP contribution in [0.2, 0.25) is 0 Å². The number of unbranched alkanes of at least 4 members (excludes halogenated alkanes) is 1. The van der Waals surface area contributed by atoms with Crippen molar-refractivity contribution in [2.24, 2.45) is 5.92 Å². The van der Waals surface area contributed by atoms with Crippen molar-refractivity contribution in [3.05, 3.63) is 0 Å². The lowest BCUT2D eigenvalue weighted by atomic mass is 10.0. The van der Waals surface area contributed by atoms with Crippen molar-refractivity contribution in [2.75, 3.05) is 26.4 Å². The summed E-state index contributed by atoms with van der Waals surface area (Å²) in [6, 6.07) is -0.385. The van der Waals surface area contributed by atoms with Gasteiger partial charge in [0.05, 0.1) is 24.4 Å². The second kappa shape index (κ2) is 12.1. The topological polar surface area (TPSA) is 79.8 Å². The molecule has 0 saturated carbocycles. The fourth-order valence-corrected chi connectivity index (χ4v) is 2.53. The van der Waals surface area contributed by atoms with Crippen molar-refractivity contribution in [1.82, 2.24) is 10.6 Å². The van der Waals surface area contributed by atoms with E-state index in [2.05, 4.69) is 10.6 Å². The van der Waals surface area contributed by atoms with Gasteiger partial charge in [0.25, 0.3) is 0 Å². The van der Waals surface area contributed by atoms with E-state index in [0.717, 1.165) is 19.3 Å². The average Bonchev–Trinajstić information content (AvgIpc) is 2.51. The molecule has 0 rings (SSSR count). The minimum atomic E-state index is -0.385. The lowest BCUT2D eigenvalue weighted by Gasteiger charge is -2.30. The van der Waals surface area contributed by atoms with E-state index in [1.165, 1.54) is 0 Å². The lowest BCUT2D eigenvalue weighted by molar-refractivity contribution is -0.127. The second-order valence-electron chi connectivity index (χ2n) is 10.6. The highest BCUT2D eigenvalue weighted by Gasteiger charge is 2.25. The van der Waals surface area contributed by atoms with Crippen LogP contribution in [-0.4, -0.2) is 60.2 Å². The van der Waals surface area contributed by atoms with Crippen LogP contribution in [0.3, 0.4) is 0 Å². The van der Waals surface area contributed by atoms with Gasteiger partial charge >= 0.3 is 0 Å². The first-order valence-corrected chi connectivity index (χ1v) is 10.6. The van der Waals surface area contributed by atoms with E-state index in [1.54, 1.807) is 0 Å². The van der Waals surface area contributed by atoms with E-state index in [-0.39, 0.29) is 41.2 Å². The number of hydrogen-bond donors (Lipinski definition) is 3. The predicted molar refractivity (Wildman–Crippen MR) is 116 cm³/mol. The van der Waals surface area contributed by atoms with Gasteiger partial charge in [0.2, 0.25) is 5.91 Å². The number of rotatable bonds is 12. The van der Waals surface area contributed by atoms with Gasteiger partial charge in [-0.3, -0.25) is 10.1 Å². The smallest absolute Gasteiger partial charge is 0.239 e. The Morgan fingerprint density at radius 3 is 1.89 bits per heavy atom. The molecule has 0 spiro atoms. The van der Waals surface area contributed by atoms with Crippen LogP contribution in [0.25, 0.3) is 0 Å². The minimum absolute atomic E-state index is 0.0334. The molecule has 0 aliphatic rings. The lowest BCUT2D eigenvalue weighted by Crippen LogP contribution is -2.54. The van der Waals surface area contributed by atoms with Crippen LogP contribution in [0.15, 0.2) is 0 Å². The summed E-state index contributed by atoms with van der Waals surface area (Å²) in [4.78, 5) is 12.6. The Hall–Kier alpha value is -0.690. The Labute approximate surface area is 173 Å². The molecule has 0 heterocycles. The zero-order valence-corrected chi connectivity index (χ0v) is 19.8. The Morgan fingerprint density at radius 1 is 0.893 bits per heavy atom. The minimum Gasteiger partial charge on any atom is -0.396 e. The fraction of sp³-hybridized carbons (Fsp3) is 0.955. The molecule has 0 fully saturated rings. The Balaban J connectivity index is 4.31. The molecule has 28 heavy (non-hydrogen) atoms. The molecule has 0 aromatic heterocycles. The number of amides is 1. The molecule has 6 heteroatoms. The SMILES string of the molecule is CC(C)(C)N[C@@H](COC(C)(C)C)C(=O)NCCCC[C@@H](CO)COC(C)(C)C. The van der Waals surface area contributed by atoms with Gasteiger partial charge in [0, 0.05) is 24.6 Å². The molecule has 6 nitrogen and oxygen atoms in total. The zero-order chi connectivity index (χ0) is 22.0. The molecular formula is C22H46N2O4. The van der Waals surface area contributed by atoms with Crippen LogP contribution in [0.4, 0.5) is 0 Å². The van der Waals surface area contributed by atoms with Gasteiger partial charge in [-0.05, 0) is 75.2 Å². The van der Waals surface area contributed by atoms with Gasteiger partial charge in [-0.1, -0.05) is 6.42 Å². The molecule has 0 aliphatic carbocycles. The zero-order valence-electron chi connectivity index (χ0n) is 19.8. The maximum absolute atomic E-state index is 12.6. The van der Waals surface area contributed by atoms with Crippen LogP contribution in [0.5, 0.6) is 0 Å². The van der Waals surface area contributed by atoms with Gasteiger partial charge < -0.3 is 19.9 Å². The van der Waals surface area contributed by atoms with E-state index in [4.69, 9.17) is 9.47 Å². The van der Waals surface area contributed by atoms with E-state index in [9.17, 15) is 9.90 Å². The Morgan fingerprint density at radius 2 is 1.43 bits per heavy atom. The molecule has 2 atom stereocenters. The van der Waals surface area contributed by atoms with E-state index in [1.807, 2.05) is 62.3 Å². The van der Waals surface area contributed by atoms with Gasteiger partial charge in [-0.15, -0.1) is 0 Å². The normalized spacial score (nSPS) is 15.4. The second-order valence-corrected chi connectivity index (χ2v) is 10.6. The third kappa shape index (κ3) is 16.3. The summed E-state index contributed by atoms with van der Waals surface area (Å²) < 4.78 is 11.6. The number of hydrogen-bond acceptors (Lipinski definition) is 5. The van der Waals surface area contributed by atoms with E-state index in [0.29, 0.717) is 19.8 Å². The third-order valence-electron chi connectivity index (χ3n) is 3.96. The van der Waals surface area contributed by atoms with E-state index >= 15 is 0 Å². The highest BCUT2D eigenvalue weighted by atomic mass is 16.5. The quantitative estimate of drug-likeness (QED) is 0.437. The van der Waals surface area contributed by atoms with Gasteiger partial charge in [-0.2, -0.15) is 0 Å². The molecule has 0 bridgehead atoms. The number of aliphatic hydroxyl groups excluding tert-OH is 1. The number of nitrogens with one attached hydrogen (secondary N) is 2. The standard InChI is InChI=1S/C22H46N2O4/c1-20(2,3)24-18(16-28-22(7,8)9)19(26)23-13-11-10-12-17(14-25)15-27-21(4,5)6/h17-18,24-25H,10-16H2,1-9H3,(H,23,26)/t17-,18-/m0/s1. The monoisotopic (exact) mass is 402 g/mol. The van der Waals surface area contributed by atoms with Crippen molar-refractivity contribution in [3.8, 4) is 0 Å². The maximum atomic E-state index is 12.6. The summed E-state index contributed by atoms with van der Waals surface area (Å²) in [6.07, 6.45) is 2.70. The number of carbonyl (C=O) groups is 1. The Kier molecular flexibility index (Phi) is 11.8. The highest BCUT2D eigenvalue weighted by Crippen LogP contribution is 2.14. The van der Waals surface area contributed by atoms with E-state index < -0.39 is 0 Å². The van der Waals surface area contributed by atoms with Gasteiger partial charge in [0.1, 0.15) is 6.04 Å². The number of carbonyl (C=O) groups excluding carboxylic acids is 1. The van der Waals surface area contributed by atoms with Crippen LogP contribution in [0, 0.1) is 5.92 Å². The van der Waals surface area contributed by atoms with Crippen LogP contribution in [-0.2, 0) is 14.3 Å². The fourth-order valence-electron chi connectivity index (χ4n) is 2.53. The first-order chi connectivity index (χ1) is 12.6. The first-order valence-electron chi connectivity index (χ1n) is 10.6. The maximum Gasteiger partial charge on any atom is 0.239 e. The van der Waals surface area contributed by atoms with Crippen molar-refractivity contribution < 1.29 is 19.4 Å². The first kappa shape index (κ1) is 27.3. The van der Waals surface area contributed by atoms with Crippen molar-refractivity contribution in [2.45, 2.75) is 104 Å². The molecule has 0 saturated heterocycles. The summed E-state index contributed by atoms with van der Waals surface area (Å²) >= 11 is 0. The molecule has 0 unspecified atom stereocenters. The molecule has 0 aromatic carbocycles. The average molecular weight is 403 g/mol. The number of aliphatic hydroxyl groups is 1. The summed E-state index contributed by atoms with van der Waals surface area (Å²) in [7, 11) is 0. The van der Waals surface area contributed by atoms with Crippen molar-refractivity contribution >= 4 is 5.91 Å². The highest BCUT2D eigenvalue weighted by molar-refractivity contribution is 5.82. The van der Waals surface area contributed by atoms with Crippen LogP contribution >= 0.6 is 0 Å². The third-order valence-corrected chi connectivity index (χ3v) is 3.96. The molecule has 0 aliphatic heterocycles. The largest absolute Gasteiger partial charge is 0.396 e. The number of ether oxygens (including phenoxy) is 2. The molecule has 168 valence electrons. The summed E-state index contributed by atoms with van der Waals surface area (Å²) in [5.41, 5.74) is -0.650. The van der Waals surface area contributed by atoms with Crippen LogP contribution in [0.1, 0.15) is 81.6 Å². The van der Waals surface area contributed by atoms with Crippen molar-refractivity contribution in [3.63, 3.8) is 0 Å². The molecule has 1 amide bonds. The van der Waals surface area contributed by atoms with Gasteiger partial charge in [0.15, 0.2) is 0 Å². The molecule has 0 aromatic rings. The summed E-state index contributed by atoms with van der Waals surface area (Å²) in [5.74, 6) is 0.111. The van der Waals surface area contributed by atoms with Crippen LogP contribution < -0.4 is 10.6 Å². The van der Waals surface area contributed by atoms with Gasteiger partial charge in [-0.25, -0.2) is 0 Å². The molecule has 3 N–H and O–H groups in total. The molecular weight excluding hydrogens is 356 g/mol. The predicted octanol–water partition coefficient (Wildman–Crippen LogP) is 3.27. The van der Waals surface area contributed by atoms with Crippen molar-refractivity contribution in [1.29, 1.82) is 0 Å². The Bertz CT molecular complexity index is 433. The summed E-state index contributed by atoms with van der Waals surface area (Å²) in [6.45, 7) is 19.8.